The molecular formula is C34H36Cl2N2O4. The maximum Gasteiger partial charge on any atom is 0.236 e. The highest BCUT2D eigenvalue weighted by Crippen LogP contribution is 2.44. The fraction of sp³-hybridized carbons (Fsp3) is 0.324. The van der Waals surface area contributed by atoms with E-state index in [1.165, 1.54) is 5.56 Å². The van der Waals surface area contributed by atoms with Crippen LogP contribution in [0.15, 0.2) is 66.7 Å². The molecule has 0 bridgehead atoms. The van der Waals surface area contributed by atoms with Crippen LogP contribution in [0.5, 0.6) is 11.8 Å². The van der Waals surface area contributed by atoms with Crippen molar-refractivity contribution in [2.24, 2.45) is 0 Å². The van der Waals surface area contributed by atoms with Crippen LogP contribution < -0.4 is 14.8 Å². The van der Waals surface area contributed by atoms with Crippen molar-refractivity contribution in [1.29, 1.82) is 0 Å². The Labute approximate surface area is 257 Å². The van der Waals surface area contributed by atoms with Crippen molar-refractivity contribution < 1.29 is 19.7 Å². The van der Waals surface area contributed by atoms with Crippen molar-refractivity contribution >= 4 is 23.2 Å². The van der Waals surface area contributed by atoms with E-state index in [4.69, 9.17) is 42.9 Å². The first-order valence-electron chi connectivity index (χ1n) is 14.4. The molecule has 1 aliphatic rings. The van der Waals surface area contributed by atoms with Crippen molar-refractivity contribution in [2.45, 2.75) is 44.8 Å². The van der Waals surface area contributed by atoms with E-state index >= 15 is 0 Å². The summed E-state index contributed by atoms with van der Waals surface area (Å²) >= 11 is 13.7. The van der Waals surface area contributed by atoms with E-state index in [-0.39, 0.29) is 19.3 Å². The van der Waals surface area contributed by atoms with Gasteiger partial charge in [0, 0.05) is 36.4 Å². The van der Waals surface area contributed by atoms with Crippen LogP contribution in [0.4, 0.5) is 0 Å². The van der Waals surface area contributed by atoms with E-state index in [1.807, 2.05) is 18.2 Å². The minimum Gasteiger partial charge on any atom is -0.481 e. The molecule has 0 saturated heterocycles. The quantitative estimate of drug-likeness (QED) is 0.140. The molecule has 1 aromatic heterocycles. The first-order chi connectivity index (χ1) is 20.5. The predicted molar refractivity (Wildman–Crippen MR) is 169 cm³/mol. The summed E-state index contributed by atoms with van der Waals surface area (Å²) < 4.78 is 11.9. The molecule has 0 saturated carbocycles. The van der Waals surface area contributed by atoms with Crippen LogP contribution in [0, 0.1) is 0 Å². The third-order valence-corrected chi connectivity index (χ3v) is 8.35. The zero-order valence-electron chi connectivity index (χ0n) is 23.7. The topological polar surface area (TPSA) is 83.8 Å². The Kier molecular flexibility index (Phi) is 10.4. The van der Waals surface area contributed by atoms with Gasteiger partial charge in [0.05, 0.1) is 18.7 Å². The van der Waals surface area contributed by atoms with Gasteiger partial charge in [-0.1, -0.05) is 83.9 Å². The number of aliphatic hydroxyl groups is 2. The zero-order valence-corrected chi connectivity index (χ0v) is 25.2. The molecular weight excluding hydrogens is 571 g/mol. The molecule has 0 unspecified atom stereocenters. The number of hydrogen-bond donors (Lipinski definition) is 3. The molecule has 5 rings (SSSR count). The second kappa shape index (κ2) is 14.4. The summed E-state index contributed by atoms with van der Waals surface area (Å²) in [5.74, 6) is 0.857. The molecule has 0 amide bonds. The SMILES string of the molecule is COc1nc(O[C@H]2CCc3c(-c4cccc(-c5ccc(CNCCO)cc5)c4Cl)cccc32)c(Cl)cc1CCCCO. The number of benzene rings is 3. The average Bonchev–Trinajstić information content (AvgIpc) is 3.42. The van der Waals surface area contributed by atoms with Crippen LogP contribution in [-0.2, 0) is 19.4 Å². The van der Waals surface area contributed by atoms with Gasteiger partial charge in [-0.05, 0) is 66.0 Å². The normalized spacial score (nSPS) is 14.2. The summed E-state index contributed by atoms with van der Waals surface area (Å²) in [6, 6.07) is 22.6. The number of halogens is 2. The second-order valence-corrected chi connectivity index (χ2v) is 11.2. The van der Waals surface area contributed by atoms with Gasteiger partial charge >= 0.3 is 0 Å². The number of fused-ring (bicyclic) bond motifs is 1. The molecule has 0 radical (unpaired) electrons. The third-order valence-electron chi connectivity index (χ3n) is 7.67. The molecule has 0 fully saturated rings. The summed E-state index contributed by atoms with van der Waals surface area (Å²) in [6.45, 7) is 1.55. The summed E-state index contributed by atoms with van der Waals surface area (Å²) in [4.78, 5) is 4.60. The second-order valence-electron chi connectivity index (χ2n) is 10.4. The molecule has 1 aliphatic carbocycles. The molecule has 1 atom stereocenters. The summed E-state index contributed by atoms with van der Waals surface area (Å²) in [7, 11) is 1.59. The maximum atomic E-state index is 9.11. The molecule has 220 valence electrons. The standard InChI is InChI=1S/C34H36Cl2N2O4/c1-41-33-24(6-2-3-18-39)20-30(35)34(38-33)42-31-16-15-27-26(8-5-9-28(27)31)29-10-4-7-25(32(29)36)23-13-11-22(12-14-23)21-37-17-19-40/h4-5,7-14,20,31,37,39-40H,2-3,6,15-19,21H2,1H3/t31-/m0/s1. The lowest BCUT2D eigenvalue weighted by molar-refractivity contribution is 0.196. The summed E-state index contributed by atoms with van der Waals surface area (Å²) in [5.41, 5.74) is 8.50. The predicted octanol–water partition coefficient (Wildman–Crippen LogP) is 7.19. The van der Waals surface area contributed by atoms with Gasteiger partial charge in [-0.3, -0.25) is 0 Å². The molecule has 6 nitrogen and oxygen atoms in total. The monoisotopic (exact) mass is 606 g/mol. The van der Waals surface area contributed by atoms with E-state index < -0.39 is 0 Å². The van der Waals surface area contributed by atoms with Crippen molar-refractivity contribution in [3.63, 3.8) is 0 Å². The molecule has 0 spiro atoms. The minimum atomic E-state index is -0.191. The number of nitrogens with one attached hydrogen (secondary N) is 1. The number of pyridine rings is 1. The highest BCUT2D eigenvalue weighted by Gasteiger charge is 2.29. The largest absolute Gasteiger partial charge is 0.481 e. The number of aliphatic hydroxyl groups excluding tert-OH is 2. The Bertz CT molecular complexity index is 1510. The number of rotatable bonds is 13. The minimum absolute atomic E-state index is 0.121. The van der Waals surface area contributed by atoms with Crippen LogP contribution >= 0.6 is 23.2 Å². The van der Waals surface area contributed by atoms with E-state index in [1.54, 1.807) is 7.11 Å². The molecule has 3 N–H and O–H groups in total. The van der Waals surface area contributed by atoms with Crippen LogP contribution in [0.1, 0.15) is 47.6 Å². The molecule has 42 heavy (non-hydrogen) atoms. The highest BCUT2D eigenvalue weighted by molar-refractivity contribution is 6.36. The fourth-order valence-corrected chi connectivity index (χ4v) is 6.12. The highest BCUT2D eigenvalue weighted by atomic mass is 35.5. The fourth-order valence-electron chi connectivity index (χ4n) is 5.56. The lowest BCUT2D eigenvalue weighted by Gasteiger charge is -2.18. The summed E-state index contributed by atoms with van der Waals surface area (Å²) in [6.07, 6.45) is 3.71. The molecule has 0 aliphatic heterocycles. The first-order valence-corrected chi connectivity index (χ1v) is 15.1. The smallest absolute Gasteiger partial charge is 0.236 e. The van der Waals surface area contributed by atoms with Crippen molar-refractivity contribution in [3.05, 3.63) is 99.0 Å². The summed E-state index contributed by atoms with van der Waals surface area (Å²) in [5, 5.41) is 22.5. The molecule has 8 heteroatoms. The average molecular weight is 608 g/mol. The van der Waals surface area contributed by atoms with Gasteiger partial charge in [0.15, 0.2) is 0 Å². The first kappa shape index (κ1) is 30.3. The number of methoxy groups -OCH3 is 1. The van der Waals surface area contributed by atoms with E-state index in [9.17, 15) is 0 Å². The Morgan fingerprint density at radius 3 is 2.43 bits per heavy atom. The maximum absolute atomic E-state index is 9.11. The van der Waals surface area contributed by atoms with Gasteiger partial charge in [-0.15, -0.1) is 0 Å². The van der Waals surface area contributed by atoms with Crippen LogP contribution in [0.2, 0.25) is 10.0 Å². The van der Waals surface area contributed by atoms with Gasteiger partial charge in [-0.2, -0.15) is 4.98 Å². The zero-order chi connectivity index (χ0) is 29.5. The lowest BCUT2D eigenvalue weighted by atomic mass is 9.93. The van der Waals surface area contributed by atoms with Crippen molar-refractivity contribution in [1.82, 2.24) is 10.3 Å². The van der Waals surface area contributed by atoms with E-state index in [0.29, 0.717) is 41.3 Å². The lowest BCUT2D eigenvalue weighted by Crippen LogP contribution is -2.17. The number of aryl methyl sites for hydroxylation is 1. The van der Waals surface area contributed by atoms with Crippen LogP contribution in [0.25, 0.3) is 22.3 Å². The van der Waals surface area contributed by atoms with Crippen molar-refractivity contribution in [3.8, 4) is 34.0 Å². The Balaban J connectivity index is 1.39. The Morgan fingerprint density at radius 1 is 0.905 bits per heavy atom. The third kappa shape index (κ3) is 6.74. The molecule has 3 aromatic carbocycles. The van der Waals surface area contributed by atoms with E-state index in [0.717, 1.165) is 64.6 Å². The van der Waals surface area contributed by atoms with Gasteiger partial charge in [0.1, 0.15) is 11.1 Å². The van der Waals surface area contributed by atoms with Gasteiger partial charge in [-0.25, -0.2) is 0 Å². The Morgan fingerprint density at radius 2 is 1.67 bits per heavy atom. The van der Waals surface area contributed by atoms with Crippen LogP contribution in [-0.4, -0.2) is 42.1 Å². The van der Waals surface area contributed by atoms with E-state index in [2.05, 4.69) is 58.8 Å². The number of nitrogens with zero attached hydrogens (tertiary/aromatic N) is 1. The number of ether oxygens (including phenoxy) is 2. The number of aromatic nitrogens is 1. The molecule has 4 aromatic rings. The van der Waals surface area contributed by atoms with Gasteiger partial charge in [0.2, 0.25) is 11.8 Å². The number of unbranched alkanes of at least 4 members (excludes halogenated alkanes) is 1. The molecule has 1 heterocycles. The van der Waals surface area contributed by atoms with Gasteiger partial charge < -0.3 is 25.0 Å². The number of hydrogen-bond acceptors (Lipinski definition) is 6. The van der Waals surface area contributed by atoms with Crippen molar-refractivity contribution in [2.75, 3.05) is 26.9 Å². The van der Waals surface area contributed by atoms with Crippen LogP contribution in [0.3, 0.4) is 0 Å². The Hall–Kier alpha value is -3.13. The van der Waals surface area contributed by atoms with Gasteiger partial charge in [0.25, 0.3) is 0 Å².